The van der Waals surface area contributed by atoms with Crippen molar-refractivity contribution in [3.63, 3.8) is 0 Å². The SMILES string of the molecule is C1CCNCC1.COc1ccc(-c2cn3c(n2)CCCC3)cc1OC. The molecule has 5 nitrogen and oxygen atoms in total. The first-order valence-corrected chi connectivity index (χ1v) is 9.31. The van der Waals surface area contributed by atoms with Gasteiger partial charge < -0.3 is 19.4 Å². The lowest BCUT2D eigenvalue weighted by Gasteiger charge is -2.11. The molecule has 136 valence electrons. The van der Waals surface area contributed by atoms with Crippen molar-refractivity contribution in [1.29, 1.82) is 0 Å². The average molecular weight is 343 g/mol. The van der Waals surface area contributed by atoms with Gasteiger partial charge in [0.2, 0.25) is 0 Å². The number of benzene rings is 1. The lowest BCUT2D eigenvalue weighted by atomic mass is 10.1. The molecule has 1 aromatic carbocycles. The van der Waals surface area contributed by atoms with Crippen molar-refractivity contribution in [1.82, 2.24) is 14.9 Å². The van der Waals surface area contributed by atoms with Gasteiger partial charge in [-0.25, -0.2) is 4.98 Å². The third-order valence-corrected chi connectivity index (χ3v) is 4.79. The molecule has 2 aliphatic heterocycles. The number of aryl methyl sites for hydroxylation is 2. The number of hydrogen-bond acceptors (Lipinski definition) is 4. The van der Waals surface area contributed by atoms with Gasteiger partial charge in [0.05, 0.1) is 19.9 Å². The molecular formula is C20H29N3O2. The van der Waals surface area contributed by atoms with Gasteiger partial charge in [-0.05, 0) is 57.0 Å². The number of nitrogens with zero attached hydrogens (tertiary/aromatic N) is 2. The van der Waals surface area contributed by atoms with Gasteiger partial charge in [-0.1, -0.05) is 6.42 Å². The lowest BCUT2D eigenvalue weighted by Crippen LogP contribution is -2.21. The fraction of sp³-hybridized carbons (Fsp3) is 0.550. The van der Waals surface area contributed by atoms with Gasteiger partial charge in [-0.15, -0.1) is 0 Å². The minimum Gasteiger partial charge on any atom is -0.493 e. The number of ether oxygens (including phenoxy) is 2. The summed E-state index contributed by atoms with van der Waals surface area (Å²) >= 11 is 0. The molecular weight excluding hydrogens is 314 g/mol. The van der Waals surface area contributed by atoms with Crippen LogP contribution in [0.4, 0.5) is 0 Å². The zero-order valence-electron chi connectivity index (χ0n) is 15.4. The highest BCUT2D eigenvalue weighted by molar-refractivity contribution is 5.63. The van der Waals surface area contributed by atoms with Crippen LogP contribution in [0.1, 0.15) is 37.9 Å². The fourth-order valence-corrected chi connectivity index (χ4v) is 3.35. The Bertz CT molecular complexity index is 643. The van der Waals surface area contributed by atoms with E-state index in [2.05, 4.69) is 16.1 Å². The first-order valence-electron chi connectivity index (χ1n) is 9.31. The largest absolute Gasteiger partial charge is 0.493 e. The summed E-state index contributed by atoms with van der Waals surface area (Å²) in [5, 5.41) is 3.28. The van der Waals surface area contributed by atoms with E-state index in [9.17, 15) is 0 Å². The highest BCUT2D eigenvalue weighted by Crippen LogP contribution is 2.32. The van der Waals surface area contributed by atoms with E-state index >= 15 is 0 Å². The minimum atomic E-state index is 0.742. The van der Waals surface area contributed by atoms with Crippen LogP contribution in [0.5, 0.6) is 11.5 Å². The Balaban J connectivity index is 0.000000258. The summed E-state index contributed by atoms with van der Waals surface area (Å²) in [4.78, 5) is 4.72. The molecule has 1 N–H and O–H groups in total. The molecule has 0 atom stereocenters. The van der Waals surface area contributed by atoms with E-state index in [-0.39, 0.29) is 0 Å². The zero-order valence-corrected chi connectivity index (χ0v) is 15.4. The van der Waals surface area contributed by atoms with Crippen molar-refractivity contribution in [2.45, 2.75) is 45.1 Å². The van der Waals surface area contributed by atoms with Crippen molar-refractivity contribution in [3.8, 4) is 22.8 Å². The first kappa shape index (κ1) is 17.8. The van der Waals surface area contributed by atoms with Crippen molar-refractivity contribution in [2.75, 3.05) is 27.3 Å². The predicted octanol–water partition coefficient (Wildman–Crippen LogP) is 3.66. The summed E-state index contributed by atoms with van der Waals surface area (Å²) < 4.78 is 12.9. The molecule has 0 unspecified atom stereocenters. The van der Waals surface area contributed by atoms with Crippen LogP contribution in [0.3, 0.4) is 0 Å². The molecule has 2 aliphatic rings. The molecule has 1 saturated heterocycles. The van der Waals surface area contributed by atoms with E-state index in [1.165, 1.54) is 51.0 Å². The van der Waals surface area contributed by atoms with Crippen LogP contribution in [0.25, 0.3) is 11.3 Å². The smallest absolute Gasteiger partial charge is 0.161 e. The maximum atomic E-state index is 5.34. The highest BCUT2D eigenvalue weighted by atomic mass is 16.5. The van der Waals surface area contributed by atoms with E-state index in [1.54, 1.807) is 14.2 Å². The Morgan fingerprint density at radius 1 is 0.960 bits per heavy atom. The van der Waals surface area contributed by atoms with Gasteiger partial charge in [0, 0.05) is 24.7 Å². The van der Waals surface area contributed by atoms with Crippen LogP contribution in [-0.2, 0) is 13.0 Å². The number of aromatic nitrogens is 2. The maximum Gasteiger partial charge on any atom is 0.161 e. The number of rotatable bonds is 3. The molecule has 0 bridgehead atoms. The molecule has 3 heterocycles. The predicted molar refractivity (Wildman–Crippen MR) is 100 cm³/mol. The normalized spacial score (nSPS) is 16.4. The van der Waals surface area contributed by atoms with Gasteiger partial charge in [0.15, 0.2) is 11.5 Å². The molecule has 25 heavy (non-hydrogen) atoms. The Hall–Kier alpha value is -2.01. The Morgan fingerprint density at radius 2 is 1.76 bits per heavy atom. The van der Waals surface area contributed by atoms with Gasteiger partial charge >= 0.3 is 0 Å². The molecule has 0 amide bonds. The number of hydrogen-bond donors (Lipinski definition) is 1. The van der Waals surface area contributed by atoms with Crippen LogP contribution >= 0.6 is 0 Å². The highest BCUT2D eigenvalue weighted by Gasteiger charge is 2.14. The van der Waals surface area contributed by atoms with Gasteiger partial charge in [-0.2, -0.15) is 0 Å². The maximum absolute atomic E-state index is 5.34. The van der Waals surface area contributed by atoms with Crippen molar-refractivity contribution < 1.29 is 9.47 Å². The van der Waals surface area contributed by atoms with E-state index in [1.807, 2.05) is 18.2 Å². The van der Waals surface area contributed by atoms with Gasteiger partial charge in [-0.3, -0.25) is 0 Å². The topological polar surface area (TPSA) is 48.3 Å². The van der Waals surface area contributed by atoms with E-state index in [0.29, 0.717) is 0 Å². The molecule has 0 saturated carbocycles. The third-order valence-electron chi connectivity index (χ3n) is 4.79. The summed E-state index contributed by atoms with van der Waals surface area (Å²) in [6, 6.07) is 5.93. The van der Waals surface area contributed by atoms with Crippen LogP contribution in [0.15, 0.2) is 24.4 Å². The number of imidazole rings is 1. The zero-order chi connectivity index (χ0) is 17.5. The molecule has 5 heteroatoms. The van der Waals surface area contributed by atoms with Crippen LogP contribution in [0.2, 0.25) is 0 Å². The monoisotopic (exact) mass is 343 g/mol. The van der Waals surface area contributed by atoms with E-state index in [4.69, 9.17) is 14.5 Å². The van der Waals surface area contributed by atoms with Crippen LogP contribution in [-0.4, -0.2) is 36.9 Å². The molecule has 2 aromatic rings. The average Bonchev–Trinajstić information content (AvgIpc) is 3.13. The summed E-state index contributed by atoms with van der Waals surface area (Å²) in [5.74, 6) is 2.68. The van der Waals surface area contributed by atoms with Gasteiger partial charge in [0.1, 0.15) is 5.82 Å². The first-order chi connectivity index (χ1) is 12.3. The van der Waals surface area contributed by atoms with Crippen LogP contribution < -0.4 is 14.8 Å². The van der Waals surface area contributed by atoms with Gasteiger partial charge in [0.25, 0.3) is 0 Å². The summed E-state index contributed by atoms with van der Waals surface area (Å²) in [6.07, 6.45) is 9.91. The van der Waals surface area contributed by atoms with Crippen molar-refractivity contribution >= 4 is 0 Å². The quantitative estimate of drug-likeness (QED) is 0.924. The van der Waals surface area contributed by atoms with Crippen molar-refractivity contribution in [3.05, 3.63) is 30.2 Å². The van der Waals surface area contributed by atoms with E-state index < -0.39 is 0 Å². The van der Waals surface area contributed by atoms with Crippen LogP contribution in [0, 0.1) is 0 Å². The second-order valence-electron chi connectivity index (χ2n) is 6.57. The molecule has 0 spiro atoms. The molecule has 0 radical (unpaired) electrons. The summed E-state index contributed by atoms with van der Waals surface area (Å²) in [7, 11) is 3.30. The van der Waals surface area contributed by atoms with E-state index in [0.717, 1.165) is 35.7 Å². The second-order valence-corrected chi connectivity index (χ2v) is 6.57. The molecule has 1 aromatic heterocycles. The number of methoxy groups -OCH3 is 2. The second kappa shape index (κ2) is 8.90. The summed E-state index contributed by atoms with van der Waals surface area (Å²) in [6.45, 7) is 3.58. The molecule has 4 rings (SSSR count). The number of piperidine rings is 1. The number of fused-ring (bicyclic) bond motifs is 1. The minimum absolute atomic E-state index is 0.742. The Morgan fingerprint density at radius 3 is 2.36 bits per heavy atom. The van der Waals surface area contributed by atoms with Crippen molar-refractivity contribution in [2.24, 2.45) is 0 Å². The fourth-order valence-electron chi connectivity index (χ4n) is 3.35. The lowest BCUT2D eigenvalue weighted by molar-refractivity contribution is 0.355. The Kier molecular flexibility index (Phi) is 6.34. The molecule has 0 aliphatic carbocycles. The summed E-state index contributed by atoms with van der Waals surface area (Å²) in [5.41, 5.74) is 2.08. The number of nitrogens with one attached hydrogen (secondary N) is 1. The standard InChI is InChI=1S/C15H18N2O2.C5H11N/c1-18-13-7-6-11(9-14(13)19-2)12-10-17-8-4-3-5-15(17)16-12;1-2-4-6-5-3-1/h6-7,9-10H,3-5,8H2,1-2H3;6H,1-5H2. The third kappa shape index (κ3) is 4.54. The molecule has 1 fully saturated rings. The Labute approximate surface area is 150 Å².